The summed E-state index contributed by atoms with van der Waals surface area (Å²) in [6.07, 6.45) is 4.43. The molecule has 1 saturated carbocycles. The second-order valence-corrected chi connectivity index (χ2v) is 14.6. The highest BCUT2D eigenvalue weighted by Crippen LogP contribution is 2.33. The van der Waals surface area contributed by atoms with Gasteiger partial charge in [-0.15, -0.1) is 0 Å². The van der Waals surface area contributed by atoms with Gasteiger partial charge in [0.05, 0.1) is 60.6 Å². The number of carboxylic acid groups (broad SMARTS) is 1. The minimum Gasteiger partial charge on any atom is -0.481 e. The Labute approximate surface area is 295 Å². The zero-order valence-corrected chi connectivity index (χ0v) is 28.8. The van der Waals surface area contributed by atoms with Crippen LogP contribution in [-0.4, -0.2) is 115 Å². The van der Waals surface area contributed by atoms with Gasteiger partial charge in [0, 0.05) is 50.7 Å². The molecule has 1 aliphatic carbocycles. The highest BCUT2D eigenvalue weighted by atomic mass is 35.5. The number of morpholine rings is 1. The molecule has 0 bridgehead atoms. The number of furan rings is 1. The molecule has 3 aliphatic heterocycles. The second kappa shape index (κ2) is 15.4. The largest absolute Gasteiger partial charge is 0.481 e. The quantitative estimate of drug-likeness (QED) is 0.286. The van der Waals surface area contributed by atoms with E-state index in [1.165, 1.54) is 12.3 Å². The first-order chi connectivity index (χ1) is 24.2. The first-order valence-corrected chi connectivity index (χ1v) is 18.0. The van der Waals surface area contributed by atoms with E-state index in [-0.39, 0.29) is 52.7 Å². The Morgan fingerprint density at radius 3 is 2.56 bits per heavy atom. The number of likely N-dealkylation sites (tertiary alicyclic amines) is 2. The number of hydrogen-bond donors (Lipinski definition) is 2. The molecule has 3 saturated heterocycles. The molecular weight excluding hydrogens is 667 g/mol. The number of carbonyl (C=O) groups excluding carboxylic acids is 2. The van der Waals surface area contributed by atoms with E-state index < -0.39 is 17.7 Å². The summed E-state index contributed by atoms with van der Waals surface area (Å²) in [5.41, 5.74) is 1.11. The van der Waals surface area contributed by atoms with Crippen molar-refractivity contribution in [1.82, 2.24) is 14.7 Å². The summed E-state index contributed by atoms with van der Waals surface area (Å²) in [6, 6.07) is 9.69. The first-order valence-electron chi connectivity index (χ1n) is 17.7. The zero-order valence-electron chi connectivity index (χ0n) is 28.0. The Bertz CT molecular complexity index is 1700. The third-order valence-electron chi connectivity index (χ3n) is 10.8. The molecule has 2 amide bonds. The average Bonchev–Trinajstić information content (AvgIpc) is 3.73. The molecule has 1 aromatic heterocycles. The summed E-state index contributed by atoms with van der Waals surface area (Å²) in [6.45, 7) is 7.37. The van der Waals surface area contributed by atoms with Crippen LogP contribution in [-0.2, 0) is 25.5 Å². The fraction of sp³-hybridized carbons (Fsp3) is 0.541. The smallest absolute Gasteiger partial charge is 0.306 e. The fourth-order valence-electron chi connectivity index (χ4n) is 7.94. The lowest BCUT2D eigenvalue weighted by Gasteiger charge is -2.45. The summed E-state index contributed by atoms with van der Waals surface area (Å²) >= 11 is 6.53. The Balaban J connectivity index is 0.994. The van der Waals surface area contributed by atoms with Crippen molar-refractivity contribution in [3.63, 3.8) is 0 Å². The first kappa shape index (κ1) is 34.9. The van der Waals surface area contributed by atoms with Gasteiger partial charge in [-0.25, -0.2) is 4.39 Å². The number of amides is 2. The van der Waals surface area contributed by atoms with E-state index >= 15 is 4.39 Å². The van der Waals surface area contributed by atoms with Gasteiger partial charge >= 0.3 is 5.97 Å². The van der Waals surface area contributed by atoms with Crippen molar-refractivity contribution in [1.29, 1.82) is 0 Å². The van der Waals surface area contributed by atoms with Gasteiger partial charge in [-0.05, 0) is 61.8 Å². The molecule has 2 N–H and O–H groups in total. The third-order valence-corrected chi connectivity index (χ3v) is 11.1. The van der Waals surface area contributed by atoms with Gasteiger partial charge in [-0.3, -0.25) is 24.2 Å². The molecule has 11 nitrogen and oxygen atoms in total. The standard InChI is InChI=1S/C37H44ClFN4O7/c38-31-13-25(32(39)16-33(31)40-36(45)30-22-50-34-4-2-1-3-29(30)34)14-35(44)43-20-26(42-18-23(19-42)17-41-9-11-48-12-10-41)15-27(43)21-49-28-7-5-24(6-8-28)37(46)47/h1-4,13,16,22-24,26-28H,5-12,14-15,17-21H2,(H,40,45)(H,46,47)/t24-,26-,27-,28-/m0/s1. The Kier molecular flexibility index (Phi) is 10.7. The molecule has 3 aromatic rings. The van der Waals surface area contributed by atoms with Gasteiger partial charge in [-0.1, -0.05) is 29.8 Å². The predicted molar refractivity (Wildman–Crippen MR) is 185 cm³/mol. The fourth-order valence-corrected chi connectivity index (χ4v) is 8.18. The molecule has 0 unspecified atom stereocenters. The van der Waals surface area contributed by atoms with Crippen molar-refractivity contribution in [3.05, 3.63) is 64.6 Å². The highest BCUT2D eigenvalue weighted by molar-refractivity contribution is 6.34. The molecule has 4 fully saturated rings. The van der Waals surface area contributed by atoms with Crippen LogP contribution in [0.15, 0.2) is 47.1 Å². The zero-order chi connectivity index (χ0) is 34.8. The molecule has 0 radical (unpaired) electrons. The van der Waals surface area contributed by atoms with E-state index in [1.54, 1.807) is 24.3 Å². The normalized spacial score (nSPS) is 25.1. The van der Waals surface area contributed by atoms with Crippen molar-refractivity contribution in [3.8, 4) is 0 Å². The molecule has 2 aromatic carbocycles. The Morgan fingerprint density at radius 1 is 1.04 bits per heavy atom. The van der Waals surface area contributed by atoms with Gasteiger partial charge in [0.1, 0.15) is 17.7 Å². The number of para-hydroxylation sites is 1. The average molecular weight is 711 g/mol. The number of nitrogens with zero attached hydrogens (tertiary/aromatic N) is 3. The number of halogens is 2. The summed E-state index contributed by atoms with van der Waals surface area (Å²) in [5, 5.41) is 12.8. The van der Waals surface area contributed by atoms with Crippen LogP contribution in [0.3, 0.4) is 0 Å². The molecule has 13 heteroatoms. The minimum absolute atomic E-state index is 0.0393. The summed E-state index contributed by atoms with van der Waals surface area (Å²) in [7, 11) is 0. The lowest BCUT2D eigenvalue weighted by molar-refractivity contribution is -0.144. The highest BCUT2D eigenvalue weighted by Gasteiger charge is 2.43. The number of carbonyl (C=O) groups is 3. The molecule has 7 rings (SSSR count). The molecule has 268 valence electrons. The maximum atomic E-state index is 15.5. The monoisotopic (exact) mass is 710 g/mol. The van der Waals surface area contributed by atoms with Crippen LogP contribution in [0.2, 0.25) is 5.02 Å². The second-order valence-electron chi connectivity index (χ2n) is 14.2. The lowest BCUT2D eigenvalue weighted by atomic mass is 9.87. The van der Waals surface area contributed by atoms with Crippen LogP contribution < -0.4 is 5.32 Å². The molecule has 0 spiro atoms. The maximum absolute atomic E-state index is 15.5. The number of fused-ring (bicyclic) bond motifs is 1. The number of benzene rings is 2. The summed E-state index contributed by atoms with van der Waals surface area (Å²) < 4.78 is 32.8. The van der Waals surface area contributed by atoms with E-state index in [0.29, 0.717) is 61.3 Å². The third kappa shape index (κ3) is 7.84. The predicted octanol–water partition coefficient (Wildman–Crippen LogP) is 4.91. The van der Waals surface area contributed by atoms with Crippen LogP contribution in [0.25, 0.3) is 11.0 Å². The number of hydrogen-bond acceptors (Lipinski definition) is 8. The van der Waals surface area contributed by atoms with E-state index in [4.69, 9.17) is 25.5 Å². The van der Waals surface area contributed by atoms with Gasteiger partial charge in [-0.2, -0.15) is 0 Å². The Hall–Kier alpha value is -3.55. The topological polar surface area (TPSA) is 125 Å². The van der Waals surface area contributed by atoms with Gasteiger partial charge in [0.15, 0.2) is 0 Å². The molecule has 2 atom stereocenters. The number of aliphatic carboxylic acids is 1. The van der Waals surface area contributed by atoms with Crippen LogP contribution in [0.5, 0.6) is 0 Å². The Morgan fingerprint density at radius 2 is 1.80 bits per heavy atom. The summed E-state index contributed by atoms with van der Waals surface area (Å²) in [5.74, 6) is -1.83. The van der Waals surface area contributed by atoms with Crippen LogP contribution >= 0.6 is 11.6 Å². The number of ether oxygens (including phenoxy) is 2. The van der Waals surface area contributed by atoms with E-state index in [2.05, 4.69) is 15.1 Å². The number of rotatable bonds is 11. The maximum Gasteiger partial charge on any atom is 0.306 e. The summed E-state index contributed by atoms with van der Waals surface area (Å²) in [4.78, 5) is 45.0. The van der Waals surface area contributed by atoms with Gasteiger partial charge in [0.2, 0.25) is 5.91 Å². The van der Waals surface area contributed by atoms with E-state index in [0.717, 1.165) is 58.4 Å². The van der Waals surface area contributed by atoms with Gasteiger partial charge in [0.25, 0.3) is 5.91 Å². The van der Waals surface area contributed by atoms with E-state index in [9.17, 15) is 19.5 Å². The molecular formula is C37H44ClFN4O7. The van der Waals surface area contributed by atoms with Crippen molar-refractivity contribution in [2.24, 2.45) is 11.8 Å². The molecule has 50 heavy (non-hydrogen) atoms. The van der Waals surface area contributed by atoms with Crippen molar-refractivity contribution < 1.29 is 37.8 Å². The number of anilines is 1. The molecule has 4 aliphatic rings. The van der Waals surface area contributed by atoms with Crippen LogP contribution in [0.1, 0.15) is 48.0 Å². The van der Waals surface area contributed by atoms with Crippen molar-refractivity contribution in [2.75, 3.05) is 64.4 Å². The van der Waals surface area contributed by atoms with Crippen LogP contribution in [0.4, 0.5) is 10.1 Å². The SMILES string of the molecule is O=C(Nc1cc(F)c(CC(=O)N2C[C@@H](N3CC(CN4CCOCC4)C3)C[C@H]2CO[C@H]2CC[C@H](C(=O)O)CC2)cc1Cl)c1coc2ccccc12. The van der Waals surface area contributed by atoms with Gasteiger partial charge < -0.3 is 29.2 Å². The van der Waals surface area contributed by atoms with E-state index in [1.807, 2.05) is 4.90 Å². The number of carboxylic acids is 1. The van der Waals surface area contributed by atoms with Crippen molar-refractivity contribution in [2.45, 2.75) is 56.7 Å². The van der Waals surface area contributed by atoms with Crippen LogP contribution in [0, 0.1) is 17.7 Å². The lowest BCUT2D eigenvalue weighted by Crippen LogP contribution is -2.57. The molecule has 4 heterocycles. The number of nitrogens with one attached hydrogen (secondary N) is 1. The van der Waals surface area contributed by atoms with Crippen molar-refractivity contribution >= 4 is 46.0 Å². The minimum atomic E-state index is -0.755.